The maximum atomic E-state index is 12.1. The number of hydrogen-bond donors (Lipinski definition) is 2. The predicted octanol–water partition coefficient (Wildman–Crippen LogP) is 3.84. The number of amides is 1. The first kappa shape index (κ1) is 14.5. The van der Waals surface area contributed by atoms with Gasteiger partial charge in [-0.1, -0.05) is 23.2 Å². The maximum Gasteiger partial charge on any atom is 0.257 e. The second kappa shape index (κ2) is 6.03. The Balaban J connectivity index is 2.23. The summed E-state index contributed by atoms with van der Waals surface area (Å²) in [6.45, 7) is 0. The molecule has 3 N–H and O–H groups in total. The Morgan fingerprint density at radius 1 is 1.15 bits per heavy atom. The number of nitrogens with one attached hydrogen (secondary N) is 1. The SMILES string of the molecule is COc1cc(NC(=O)c2ccc(N)cc2Cl)ccc1Cl. The van der Waals surface area contributed by atoms with Crippen molar-refractivity contribution < 1.29 is 9.53 Å². The summed E-state index contributed by atoms with van der Waals surface area (Å²) in [5.74, 6) is 0.146. The third-order valence-corrected chi connectivity index (χ3v) is 3.27. The molecule has 0 spiro atoms. The number of methoxy groups -OCH3 is 1. The van der Waals surface area contributed by atoms with Gasteiger partial charge in [0.05, 0.1) is 22.7 Å². The molecular weight excluding hydrogens is 299 g/mol. The van der Waals surface area contributed by atoms with Crippen molar-refractivity contribution in [3.8, 4) is 5.75 Å². The molecule has 6 heteroatoms. The average molecular weight is 311 g/mol. The lowest BCUT2D eigenvalue weighted by atomic mass is 10.2. The van der Waals surface area contributed by atoms with Gasteiger partial charge in [0, 0.05) is 17.4 Å². The highest BCUT2D eigenvalue weighted by Gasteiger charge is 2.11. The lowest BCUT2D eigenvalue weighted by Gasteiger charge is -2.09. The summed E-state index contributed by atoms with van der Waals surface area (Å²) in [6, 6.07) is 9.66. The van der Waals surface area contributed by atoms with Crippen LogP contribution in [0.5, 0.6) is 5.75 Å². The van der Waals surface area contributed by atoms with Crippen LogP contribution in [0.1, 0.15) is 10.4 Å². The highest BCUT2D eigenvalue weighted by molar-refractivity contribution is 6.34. The Bertz CT molecular complexity index is 660. The van der Waals surface area contributed by atoms with Gasteiger partial charge < -0.3 is 15.8 Å². The van der Waals surface area contributed by atoms with Crippen LogP contribution in [0, 0.1) is 0 Å². The summed E-state index contributed by atoms with van der Waals surface area (Å²) < 4.78 is 5.09. The van der Waals surface area contributed by atoms with Crippen LogP contribution in [0.15, 0.2) is 36.4 Å². The van der Waals surface area contributed by atoms with E-state index in [1.165, 1.54) is 13.2 Å². The highest BCUT2D eigenvalue weighted by Crippen LogP contribution is 2.28. The van der Waals surface area contributed by atoms with E-state index in [-0.39, 0.29) is 5.91 Å². The standard InChI is InChI=1S/C14H12Cl2N2O2/c1-20-13-7-9(3-5-11(13)15)18-14(19)10-4-2-8(17)6-12(10)16/h2-7H,17H2,1H3,(H,18,19). The number of halogens is 2. The number of carbonyl (C=O) groups is 1. The predicted molar refractivity (Wildman–Crippen MR) is 81.8 cm³/mol. The second-order valence-corrected chi connectivity index (χ2v) is 4.86. The fourth-order valence-electron chi connectivity index (χ4n) is 1.65. The first-order valence-corrected chi connectivity index (χ1v) is 6.47. The smallest absolute Gasteiger partial charge is 0.257 e. The van der Waals surface area contributed by atoms with Gasteiger partial charge in [-0.05, 0) is 30.3 Å². The van der Waals surface area contributed by atoms with Crippen LogP contribution in [0.2, 0.25) is 10.0 Å². The second-order valence-electron chi connectivity index (χ2n) is 4.04. The van der Waals surface area contributed by atoms with Crippen LogP contribution in [-0.2, 0) is 0 Å². The van der Waals surface area contributed by atoms with E-state index in [0.717, 1.165) is 0 Å². The Morgan fingerprint density at radius 2 is 1.90 bits per heavy atom. The Labute approximate surface area is 126 Å². The monoisotopic (exact) mass is 310 g/mol. The van der Waals surface area contributed by atoms with Gasteiger partial charge in [-0.3, -0.25) is 4.79 Å². The van der Waals surface area contributed by atoms with Gasteiger partial charge in [0.2, 0.25) is 0 Å². The number of nitrogen functional groups attached to an aromatic ring is 1. The number of anilines is 2. The van der Waals surface area contributed by atoms with Gasteiger partial charge in [-0.15, -0.1) is 0 Å². The summed E-state index contributed by atoms with van der Waals surface area (Å²) in [5.41, 5.74) is 6.99. The third-order valence-electron chi connectivity index (χ3n) is 2.65. The molecule has 0 aliphatic carbocycles. The molecule has 0 unspecified atom stereocenters. The van der Waals surface area contributed by atoms with Gasteiger partial charge in [-0.2, -0.15) is 0 Å². The zero-order valence-corrected chi connectivity index (χ0v) is 12.1. The van der Waals surface area contributed by atoms with Crippen molar-refractivity contribution in [1.29, 1.82) is 0 Å². The molecule has 0 saturated carbocycles. The molecule has 104 valence electrons. The molecule has 0 aromatic heterocycles. The molecule has 0 radical (unpaired) electrons. The van der Waals surface area contributed by atoms with Crippen LogP contribution in [0.4, 0.5) is 11.4 Å². The molecule has 0 atom stereocenters. The summed E-state index contributed by atoms with van der Waals surface area (Å²) in [6.07, 6.45) is 0. The van der Waals surface area contributed by atoms with Crippen LogP contribution in [0.25, 0.3) is 0 Å². The molecule has 0 saturated heterocycles. The van der Waals surface area contributed by atoms with Gasteiger partial charge in [0.1, 0.15) is 5.75 Å². The van der Waals surface area contributed by atoms with E-state index >= 15 is 0 Å². The van der Waals surface area contributed by atoms with E-state index in [2.05, 4.69) is 5.32 Å². The number of benzene rings is 2. The highest BCUT2D eigenvalue weighted by atomic mass is 35.5. The molecule has 0 aliphatic heterocycles. The van der Waals surface area contributed by atoms with E-state index < -0.39 is 0 Å². The van der Waals surface area contributed by atoms with E-state index in [1.807, 2.05) is 0 Å². The van der Waals surface area contributed by atoms with E-state index in [4.69, 9.17) is 33.7 Å². The Kier molecular flexibility index (Phi) is 4.37. The fourth-order valence-corrected chi connectivity index (χ4v) is 2.12. The summed E-state index contributed by atoms with van der Waals surface area (Å²) in [7, 11) is 1.50. The minimum atomic E-state index is -0.334. The van der Waals surface area contributed by atoms with Gasteiger partial charge in [-0.25, -0.2) is 0 Å². The molecule has 2 aromatic carbocycles. The van der Waals surface area contributed by atoms with Crippen LogP contribution < -0.4 is 15.8 Å². The van der Waals surface area contributed by atoms with Gasteiger partial charge in [0.15, 0.2) is 0 Å². The van der Waals surface area contributed by atoms with Crippen molar-refractivity contribution in [1.82, 2.24) is 0 Å². The van der Waals surface area contributed by atoms with Crippen molar-refractivity contribution in [3.63, 3.8) is 0 Å². The van der Waals surface area contributed by atoms with Crippen molar-refractivity contribution in [2.75, 3.05) is 18.2 Å². The van der Waals surface area contributed by atoms with Crippen LogP contribution >= 0.6 is 23.2 Å². The third kappa shape index (κ3) is 3.15. The van der Waals surface area contributed by atoms with Crippen LogP contribution in [-0.4, -0.2) is 13.0 Å². The van der Waals surface area contributed by atoms with Crippen molar-refractivity contribution >= 4 is 40.5 Å². The maximum absolute atomic E-state index is 12.1. The fraction of sp³-hybridized carbons (Fsp3) is 0.0714. The van der Waals surface area contributed by atoms with Crippen LogP contribution in [0.3, 0.4) is 0 Å². The number of carbonyl (C=O) groups excluding carboxylic acids is 1. The molecule has 0 aliphatic rings. The first-order valence-electron chi connectivity index (χ1n) is 5.71. The Morgan fingerprint density at radius 3 is 2.55 bits per heavy atom. The topological polar surface area (TPSA) is 64.3 Å². The number of ether oxygens (including phenoxy) is 1. The average Bonchev–Trinajstić information content (AvgIpc) is 2.40. The lowest BCUT2D eigenvalue weighted by Crippen LogP contribution is -2.12. The molecule has 20 heavy (non-hydrogen) atoms. The number of nitrogens with two attached hydrogens (primary N) is 1. The zero-order chi connectivity index (χ0) is 14.7. The first-order chi connectivity index (χ1) is 9.51. The quantitative estimate of drug-likeness (QED) is 0.847. The summed E-state index contributed by atoms with van der Waals surface area (Å²) in [5, 5.41) is 3.48. The molecule has 4 nitrogen and oxygen atoms in total. The van der Waals surface area contributed by atoms with Crippen molar-refractivity contribution in [2.24, 2.45) is 0 Å². The zero-order valence-electron chi connectivity index (χ0n) is 10.6. The minimum Gasteiger partial charge on any atom is -0.495 e. The molecule has 2 rings (SSSR count). The van der Waals surface area contributed by atoms with Crippen molar-refractivity contribution in [2.45, 2.75) is 0 Å². The number of hydrogen-bond acceptors (Lipinski definition) is 3. The largest absolute Gasteiger partial charge is 0.495 e. The molecule has 1 amide bonds. The molecule has 0 heterocycles. The molecule has 0 bridgehead atoms. The van der Waals surface area contributed by atoms with Gasteiger partial charge in [0.25, 0.3) is 5.91 Å². The summed E-state index contributed by atoms with van der Waals surface area (Å²) in [4.78, 5) is 12.1. The van der Waals surface area contributed by atoms with E-state index in [9.17, 15) is 4.79 Å². The molecule has 2 aromatic rings. The number of rotatable bonds is 3. The van der Waals surface area contributed by atoms with E-state index in [0.29, 0.717) is 32.7 Å². The minimum absolute atomic E-state index is 0.295. The normalized spacial score (nSPS) is 10.2. The molecule has 0 fully saturated rings. The molecular formula is C14H12Cl2N2O2. The summed E-state index contributed by atoms with van der Waals surface area (Å²) >= 11 is 11.9. The van der Waals surface area contributed by atoms with Gasteiger partial charge >= 0.3 is 0 Å². The van der Waals surface area contributed by atoms with Crippen molar-refractivity contribution in [3.05, 3.63) is 52.0 Å². The Hall–Kier alpha value is -1.91. The van der Waals surface area contributed by atoms with E-state index in [1.54, 1.807) is 30.3 Å². The lowest BCUT2D eigenvalue weighted by molar-refractivity contribution is 0.102.